The molecule has 0 atom stereocenters. The molecule has 0 aliphatic rings. The molecule has 1 amide bonds. The van der Waals surface area contributed by atoms with Crippen molar-refractivity contribution in [2.24, 2.45) is 0 Å². The molecule has 0 saturated carbocycles. The molecule has 0 unspecified atom stereocenters. The number of amides is 1. The lowest BCUT2D eigenvalue weighted by Crippen LogP contribution is -2.24. The number of rotatable bonds is 18. The van der Waals surface area contributed by atoms with E-state index in [-0.39, 0.29) is 12.3 Å². The van der Waals surface area contributed by atoms with Gasteiger partial charge in [-0.25, -0.2) is 0 Å². The Hall–Kier alpha value is -2.62. The quantitative estimate of drug-likeness (QED) is 0.154. The van der Waals surface area contributed by atoms with Gasteiger partial charge in [0.25, 0.3) is 0 Å². The van der Waals surface area contributed by atoms with Crippen LogP contribution in [-0.4, -0.2) is 23.5 Å². The maximum Gasteiger partial charge on any atom is 0.303 e. The molecule has 0 aromatic rings. The molecule has 4 nitrogen and oxygen atoms in total. The minimum atomic E-state index is -0.832. The van der Waals surface area contributed by atoms with E-state index in [0.717, 1.165) is 38.5 Å². The van der Waals surface area contributed by atoms with Gasteiger partial charge < -0.3 is 10.4 Å². The number of carboxylic acids is 1. The average molecular weight is 414 g/mol. The van der Waals surface area contributed by atoms with Gasteiger partial charge in [0.1, 0.15) is 0 Å². The molecule has 0 aliphatic heterocycles. The summed E-state index contributed by atoms with van der Waals surface area (Å²) in [6, 6.07) is 0. The van der Waals surface area contributed by atoms with Gasteiger partial charge in [0.15, 0.2) is 0 Å². The predicted molar refractivity (Wildman–Crippen MR) is 127 cm³/mol. The van der Waals surface area contributed by atoms with Crippen molar-refractivity contribution in [3.8, 4) is 0 Å². The molecule has 0 rings (SSSR count). The van der Waals surface area contributed by atoms with Crippen LogP contribution in [0.15, 0.2) is 72.9 Å². The van der Waals surface area contributed by atoms with Crippen molar-refractivity contribution < 1.29 is 14.7 Å². The molecule has 166 valence electrons. The molecule has 0 heterocycles. The molecule has 0 aromatic heterocycles. The molecule has 0 radical (unpaired) electrons. The molecular formula is C26H39NO3. The first kappa shape index (κ1) is 27.4. The average Bonchev–Trinajstić information content (AvgIpc) is 2.72. The summed E-state index contributed by atoms with van der Waals surface area (Å²) in [6.45, 7) is 2.57. The summed E-state index contributed by atoms with van der Waals surface area (Å²) >= 11 is 0. The van der Waals surface area contributed by atoms with Crippen molar-refractivity contribution in [3.05, 3.63) is 72.9 Å². The zero-order chi connectivity index (χ0) is 22.1. The minimum Gasteiger partial charge on any atom is -0.481 e. The van der Waals surface area contributed by atoms with E-state index in [4.69, 9.17) is 5.11 Å². The van der Waals surface area contributed by atoms with Crippen LogP contribution in [0.5, 0.6) is 0 Å². The highest BCUT2D eigenvalue weighted by molar-refractivity contribution is 5.76. The normalized spacial score (nSPS) is 12.6. The van der Waals surface area contributed by atoms with Crippen molar-refractivity contribution in [1.29, 1.82) is 0 Å². The Morgan fingerprint density at radius 1 is 0.700 bits per heavy atom. The molecule has 0 aliphatic carbocycles. The first-order valence-electron chi connectivity index (χ1n) is 11.1. The second kappa shape index (κ2) is 22.7. The highest BCUT2D eigenvalue weighted by atomic mass is 16.4. The Morgan fingerprint density at radius 2 is 1.27 bits per heavy atom. The van der Waals surface area contributed by atoms with E-state index in [1.807, 2.05) is 6.08 Å². The van der Waals surface area contributed by atoms with E-state index in [1.54, 1.807) is 0 Å². The van der Waals surface area contributed by atoms with Crippen LogP contribution in [0.25, 0.3) is 0 Å². The van der Waals surface area contributed by atoms with Crippen LogP contribution in [0.1, 0.15) is 71.1 Å². The smallest absolute Gasteiger partial charge is 0.303 e. The lowest BCUT2D eigenvalue weighted by atomic mass is 10.2. The number of allylic oxidation sites excluding steroid dienone is 12. The van der Waals surface area contributed by atoms with Gasteiger partial charge in [-0.05, 0) is 51.4 Å². The molecule has 0 aromatic carbocycles. The van der Waals surface area contributed by atoms with Crippen molar-refractivity contribution in [3.63, 3.8) is 0 Å². The van der Waals surface area contributed by atoms with Crippen molar-refractivity contribution >= 4 is 11.9 Å². The van der Waals surface area contributed by atoms with Gasteiger partial charge in [0, 0.05) is 19.4 Å². The predicted octanol–water partition coefficient (Wildman–Crippen LogP) is 6.45. The molecule has 4 heteroatoms. The lowest BCUT2D eigenvalue weighted by Gasteiger charge is -2.02. The van der Waals surface area contributed by atoms with Crippen LogP contribution >= 0.6 is 0 Å². The molecule has 0 fully saturated rings. The van der Waals surface area contributed by atoms with Crippen LogP contribution in [0.2, 0.25) is 0 Å². The van der Waals surface area contributed by atoms with Crippen molar-refractivity contribution in [1.82, 2.24) is 5.32 Å². The Kier molecular flexibility index (Phi) is 20.7. The SMILES string of the molecule is CCC=CCC=CCCC=CC=CCC=CCC=CCCC(=O)NCCCC(=O)O. The summed E-state index contributed by atoms with van der Waals surface area (Å²) in [7, 11) is 0. The Labute approximate surface area is 182 Å². The van der Waals surface area contributed by atoms with Gasteiger partial charge in [0.2, 0.25) is 5.91 Å². The topological polar surface area (TPSA) is 66.4 Å². The zero-order valence-corrected chi connectivity index (χ0v) is 18.5. The molecule has 2 N–H and O–H groups in total. The number of carbonyl (C=O) groups is 2. The van der Waals surface area contributed by atoms with E-state index in [2.05, 4.69) is 79.1 Å². The van der Waals surface area contributed by atoms with Crippen molar-refractivity contribution in [2.75, 3.05) is 6.54 Å². The second-order valence-corrected chi connectivity index (χ2v) is 6.82. The fourth-order valence-electron chi connectivity index (χ4n) is 2.41. The highest BCUT2D eigenvalue weighted by Crippen LogP contribution is 1.98. The zero-order valence-electron chi connectivity index (χ0n) is 18.5. The van der Waals surface area contributed by atoms with E-state index >= 15 is 0 Å². The van der Waals surface area contributed by atoms with Crippen LogP contribution in [0.4, 0.5) is 0 Å². The number of hydrogen-bond acceptors (Lipinski definition) is 2. The number of aliphatic carboxylic acids is 1. The van der Waals surface area contributed by atoms with Gasteiger partial charge in [-0.1, -0.05) is 79.8 Å². The molecule has 0 spiro atoms. The van der Waals surface area contributed by atoms with Crippen LogP contribution in [0.3, 0.4) is 0 Å². The second-order valence-electron chi connectivity index (χ2n) is 6.82. The third-order valence-electron chi connectivity index (χ3n) is 4.03. The molecule has 0 bridgehead atoms. The minimum absolute atomic E-state index is 0.0288. The number of unbranched alkanes of at least 4 members (excludes halogenated alkanes) is 1. The van der Waals surface area contributed by atoms with Crippen LogP contribution in [-0.2, 0) is 9.59 Å². The standard InChI is InChI=1S/C26H39NO3/c1-2-3-4-5-6-7-8-9-10-11-12-13-14-15-16-17-18-19-20-22-25(28)27-24-21-23-26(29)30/h3-4,6-7,10-13,15-16,18-19H,2,5,8-9,14,17,20-24H2,1H3,(H,27,28)(H,29,30). The summed E-state index contributed by atoms with van der Waals surface area (Å²) in [4.78, 5) is 21.9. The summed E-state index contributed by atoms with van der Waals surface area (Å²) in [5, 5.41) is 11.2. The maximum absolute atomic E-state index is 11.5. The van der Waals surface area contributed by atoms with E-state index in [9.17, 15) is 9.59 Å². The first-order valence-corrected chi connectivity index (χ1v) is 11.1. The summed E-state index contributed by atoms with van der Waals surface area (Å²) < 4.78 is 0. The molecule has 0 saturated heterocycles. The van der Waals surface area contributed by atoms with E-state index in [0.29, 0.717) is 25.8 Å². The largest absolute Gasteiger partial charge is 0.481 e. The fraction of sp³-hybridized carbons (Fsp3) is 0.462. The summed E-state index contributed by atoms with van der Waals surface area (Å²) in [5.74, 6) is -0.860. The van der Waals surface area contributed by atoms with Gasteiger partial charge in [-0.3, -0.25) is 9.59 Å². The highest BCUT2D eigenvalue weighted by Gasteiger charge is 2.00. The van der Waals surface area contributed by atoms with Crippen LogP contribution in [0, 0.1) is 0 Å². The third kappa shape index (κ3) is 23.4. The van der Waals surface area contributed by atoms with Gasteiger partial charge in [-0.2, -0.15) is 0 Å². The monoisotopic (exact) mass is 413 g/mol. The summed E-state index contributed by atoms with van der Waals surface area (Å²) in [5.41, 5.74) is 0. The number of hydrogen-bond donors (Lipinski definition) is 2. The van der Waals surface area contributed by atoms with E-state index < -0.39 is 5.97 Å². The summed E-state index contributed by atoms with van der Waals surface area (Å²) in [6.07, 6.45) is 33.5. The molecule has 30 heavy (non-hydrogen) atoms. The van der Waals surface area contributed by atoms with Crippen LogP contribution < -0.4 is 5.32 Å². The Morgan fingerprint density at radius 3 is 1.97 bits per heavy atom. The van der Waals surface area contributed by atoms with Gasteiger partial charge >= 0.3 is 5.97 Å². The number of nitrogens with one attached hydrogen (secondary N) is 1. The van der Waals surface area contributed by atoms with Crippen molar-refractivity contribution in [2.45, 2.75) is 71.1 Å². The Bertz CT molecular complexity index is 610. The lowest BCUT2D eigenvalue weighted by molar-refractivity contribution is -0.137. The van der Waals surface area contributed by atoms with Gasteiger partial charge in [0.05, 0.1) is 0 Å². The Balaban J connectivity index is 3.57. The third-order valence-corrected chi connectivity index (χ3v) is 4.03. The first-order chi connectivity index (χ1) is 14.7. The number of carbonyl (C=O) groups excluding carboxylic acids is 1. The fourth-order valence-corrected chi connectivity index (χ4v) is 2.41. The maximum atomic E-state index is 11.5. The van der Waals surface area contributed by atoms with Gasteiger partial charge in [-0.15, -0.1) is 0 Å². The molecular weight excluding hydrogens is 374 g/mol. The van der Waals surface area contributed by atoms with E-state index in [1.165, 1.54) is 0 Å². The number of carboxylic acid groups (broad SMARTS) is 1.